The molecule has 23 heavy (non-hydrogen) atoms. The Balaban J connectivity index is 2.24. The van der Waals surface area contributed by atoms with E-state index >= 15 is 0 Å². The van der Waals surface area contributed by atoms with Gasteiger partial charge in [0.25, 0.3) is 0 Å². The van der Waals surface area contributed by atoms with Crippen molar-refractivity contribution in [1.82, 2.24) is 4.98 Å². The van der Waals surface area contributed by atoms with Gasteiger partial charge in [0.2, 0.25) is 11.6 Å². The van der Waals surface area contributed by atoms with E-state index in [-0.39, 0.29) is 0 Å². The van der Waals surface area contributed by atoms with Crippen molar-refractivity contribution in [3.63, 3.8) is 0 Å². The average molecular weight is 313 g/mol. The highest BCUT2D eigenvalue weighted by Gasteiger charge is 2.21. The first-order chi connectivity index (χ1) is 11.1. The summed E-state index contributed by atoms with van der Waals surface area (Å²) >= 11 is 0. The summed E-state index contributed by atoms with van der Waals surface area (Å²) in [5, 5.41) is 0. The first-order valence-electron chi connectivity index (χ1n) is 7.26. The van der Waals surface area contributed by atoms with Gasteiger partial charge in [0.05, 0.1) is 26.9 Å². The van der Waals surface area contributed by atoms with E-state index in [4.69, 9.17) is 18.6 Å². The molecule has 1 aromatic heterocycles. The summed E-state index contributed by atoms with van der Waals surface area (Å²) in [6, 6.07) is 7.74. The van der Waals surface area contributed by atoms with Crippen LogP contribution in [0.15, 0.2) is 28.7 Å². The molecule has 0 aliphatic rings. The lowest BCUT2D eigenvalue weighted by atomic mass is 10.1. The van der Waals surface area contributed by atoms with Gasteiger partial charge in [-0.1, -0.05) is 6.07 Å². The smallest absolute Gasteiger partial charge is 0.231 e. The molecule has 120 valence electrons. The second-order valence-electron chi connectivity index (χ2n) is 5.33. The predicted octanol–water partition coefficient (Wildman–Crippen LogP) is 4.14. The molecule has 3 rings (SSSR count). The maximum atomic E-state index is 5.97. The van der Waals surface area contributed by atoms with E-state index in [1.54, 1.807) is 21.3 Å². The van der Waals surface area contributed by atoms with Crippen LogP contribution in [-0.4, -0.2) is 26.3 Å². The number of hydrogen-bond acceptors (Lipinski definition) is 5. The Morgan fingerprint density at radius 2 is 1.65 bits per heavy atom. The molecule has 0 fully saturated rings. The topological polar surface area (TPSA) is 53.7 Å². The summed E-state index contributed by atoms with van der Waals surface area (Å²) in [4.78, 5) is 4.60. The highest BCUT2D eigenvalue weighted by atomic mass is 16.5. The van der Waals surface area contributed by atoms with E-state index in [2.05, 4.69) is 11.1 Å². The van der Waals surface area contributed by atoms with Gasteiger partial charge in [0.15, 0.2) is 17.1 Å². The zero-order valence-electron chi connectivity index (χ0n) is 13.9. The number of aromatic nitrogens is 1. The summed E-state index contributed by atoms with van der Waals surface area (Å²) in [5.41, 5.74) is 4.53. The first kappa shape index (κ1) is 15.2. The Morgan fingerprint density at radius 1 is 0.913 bits per heavy atom. The standard InChI is InChI=1S/C18H19NO4/c1-10-8-11(2)15-13(9-10)19-18(23-15)12-6-7-14(20-3)17(22-5)16(12)21-4/h6-9H,1-5H3. The van der Waals surface area contributed by atoms with Crippen molar-refractivity contribution in [2.24, 2.45) is 0 Å². The van der Waals surface area contributed by atoms with Gasteiger partial charge in [-0.2, -0.15) is 0 Å². The van der Waals surface area contributed by atoms with Crippen LogP contribution in [0.4, 0.5) is 0 Å². The molecule has 0 aliphatic carbocycles. The van der Waals surface area contributed by atoms with Gasteiger partial charge in [-0.05, 0) is 43.2 Å². The second kappa shape index (κ2) is 5.83. The van der Waals surface area contributed by atoms with Crippen molar-refractivity contribution in [2.45, 2.75) is 13.8 Å². The van der Waals surface area contributed by atoms with E-state index in [1.165, 1.54) is 0 Å². The summed E-state index contributed by atoms with van der Waals surface area (Å²) < 4.78 is 22.2. The monoisotopic (exact) mass is 313 g/mol. The van der Waals surface area contributed by atoms with Crippen LogP contribution in [0, 0.1) is 13.8 Å². The van der Waals surface area contributed by atoms with E-state index in [0.717, 1.165) is 27.8 Å². The second-order valence-corrected chi connectivity index (χ2v) is 5.33. The fourth-order valence-corrected chi connectivity index (χ4v) is 2.76. The van der Waals surface area contributed by atoms with Gasteiger partial charge >= 0.3 is 0 Å². The number of nitrogens with zero attached hydrogens (tertiary/aromatic N) is 1. The SMILES string of the molecule is COc1ccc(-c2nc3cc(C)cc(C)c3o2)c(OC)c1OC. The third-order valence-corrected chi connectivity index (χ3v) is 3.75. The third-order valence-electron chi connectivity index (χ3n) is 3.75. The quantitative estimate of drug-likeness (QED) is 0.724. The van der Waals surface area contributed by atoms with Gasteiger partial charge in [0.1, 0.15) is 5.52 Å². The molecule has 5 heteroatoms. The van der Waals surface area contributed by atoms with Crippen LogP contribution in [0.1, 0.15) is 11.1 Å². The Bertz CT molecular complexity index is 867. The van der Waals surface area contributed by atoms with Crippen LogP contribution in [-0.2, 0) is 0 Å². The molecule has 0 radical (unpaired) electrons. The third kappa shape index (κ3) is 2.48. The average Bonchev–Trinajstić information content (AvgIpc) is 2.97. The molecular weight excluding hydrogens is 294 g/mol. The molecule has 0 aliphatic heterocycles. The Hall–Kier alpha value is -2.69. The number of rotatable bonds is 4. The fourth-order valence-electron chi connectivity index (χ4n) is 2.76. The maximum Gasteiger partial charge on any atom is 0.231 e. The van der Waals surface area contributed by atoms with E-state index in [0.29, 0.717) is 23.1 Å². The molecule has 0 unspecified atom stereocenters. The first-order valence-corrected chi connectivity index (χ1v) is 7.26. The molecule has 5 nitrogen and oxygen atoms in total. The lowest BCUT2D eigenvalue weighted by Crippen LogP contribution is -1.96. The number of methoxy groups -OCH3 is 3. The van der Waals surface area contributed by atoms with E-state index < -0.39 is 0 Å². The van der Waals surface area contributed by atoms with Crippen LogP contribution >= 0.6 is 0 Å². The van der Waals surface area contributed by atoms with Crippen molar-refractivity contribution in [3.8, 4) is 28.7 Å². The summed E-state index contributed by atoms with van der Waals surface area (Å²) in [5.74, 6) is 2.14. The molecule has 2 aromatic carbocycles. The highest BCUT2D eigenvalue weighted by molar-refractivity contribution is 5.82. The minimum absolute atomic E-state index is 0.492. The van der Waals surface area contributed by atoms with Crippen LogP contribution in [0.5, 0.6) is 17.2 Å². The van der Waals surface area contributed by atoms with Crippen molar-refractivity contribution in [2.75, 3.05) is 21.3 Å². The van der Waals surface area contributed by atoms with Gasteiger partial charge in [-0.3, -0.25) is 0 Å². The van der Waals surface area contributed by atoms with Crippen LogP contribution in [0.25, 0.3) is 22.6 Å². The number of ether oxygens (including phenoxy) is 3. The minimum atomic E-state index is 0.492. The number of fused-ring (bicyclic) bond motifs is 1. The lowest BCUT2D eigenvalue weighted by molar-refractivity contribution is 0.324. The molecule has 0 N–H and O–H groups in total. The van der Waals surface area contributed by atoms with E-state index in [9.17, 15) is 0 Å². The largest absolute Gasteiger partial charge is 0.493 e. The van der Waals surface area contributed by atoms with Crippen LogP contribution in [0.2, 0.25) is 0 Å². The maximum absolute atomic E-state index is 5.97. The molecule has 0 amide bonds. The normalized spacial score (nSPS) is 10.8. The molecule has 3 aromatic rings. The molecule has 1 heterocycles. The zero-order valence-corrected chi connectivity index (χ0v) is 13.9. The molecule has 0 atom stereocenters. The minimum Gasteiger partial charge on any atom is -0.493 e. The fraction of sp³-hybridized carbons (Fsp3) is 0.278. The number of aryl methyl sites for hydroxylation is 2. The number of benzene rings is 2. The Labute approximate surface area is 134 Å². The predicted molar refractivity (Wildman–Crippen MR) is 88.6 cm³/mol. The highest BCUT2D eigenvalue weighted by Crippen LogP contribution is 2.44. The van der Waals surface area contributed by atoms with Crippen LogP contribution in [0.3, 0.4) is 0 Å². The molecule has 0 spiro atoms. The molecule has 0 saturated carbocycles. The van der Waals surface area contributed by atoms with Gasteiger partial charge < -0.3 is 18.6 Å². The van der Waals surface area contributed by atoms with E-state index in [1.807, 2.05) is 32.0 Å². The number of hydrogen-bond donors (Lipinski definition) is 0. The van der Waals surface area contributed by atoms with Gasteiger partial charge in [-0.15, -0.1) is 0 Å². The summed E-state index contributed by atoms with van der Waals surface area (Å²) in [6.45, 7) is 4.05. The van der Waals surface area contributed by atoms with Crippen molar-refractivity contribution >= 4 is 11.1 Å². The van der Waals surface area contributed by atoms with Gasteiger partial charge in [0, 0.05) is 0 Å². The Kier molecular flexibility index (Phi) is 3.86. The van der Waals surface area contributed by atoms with Crippen molar-refractivity contribution < 1.29 is 18.6 Å². The summed E-state index contributed by atoms with van der Waals surface area (Å²) in [6.07, 6.45) is 0. The summed E-state index contributed by atoms with van der Waals surface area (Å²) in [7, 11) is 4.74. The lowest BCUT2D eigenvalue weighted by Gasteiger charge is -2.14. The van der Waals surface area contributed by atoms with Crippen molar-refractivity contribution in [1.29, 1.82) is 0 Å². The number of oxazole rings is 1. The molecular formula is C18H19NO4. The van der Waals surface area contributed by atoms with Crippen LogP contribution < -0.4 is 14.2 Å². The van der Waals surface area contributed by atoms with Gasteiger partial charge in [-0.25, -0.2) is 4.98 Å². The Morgan fingerprint density at radius 3 is 2.30 bits per heavy atom. The van der Waals surface area contributed by atoms with Crippen molar-refractivity contribution in [3.05, 3.63) is 35.4 Å². The molecule has 0 bridgehead atoms. The molecule has 0 saturated heterocycles. The zero-order chi connectivity index (χ0) is 16.6.